The number of halogens is 2. The molecule has 1 aromatic carbocycles. The third-order valence-electron chi connectivity index (χ3n) is 3.44. The van der Waals surface area contributed by atoms with Crippen molar-refractivity contribution in [2.45, 2.75) is 12.5 Å². The van der Waals surface area contributed by atoms with Crippen LogP contribution in [0.25, 0.3) is 0 Å². The van der Waals surface area contributed by atoms with E-state index >= 15 is 0 Å². The predicted octanol–water partition coefficient (Wildman–Crippen LogP) is 2.56. The van der Waals surface area contributed by atoms with Crippen molar-refractivity contribution in [1.29, 1.82) is 0 Å². The molecule has 0 N–H and O–H groups in total. The summed E-state index contributed by atoms with van der Waals surface area (Å²) in [6.07, 6.45) is 2.01. The molecular weight excluding hydrogens is 309 g/mol. The van der Waals surface area contributed by atoms with Crippen molar-refractivity contribution in [3.05, 3.63) is 52.9 Å². The van der Waals surface area contributed by atoms with E-state index in [4.69, 9.17) is 16.3 Å². The number of aromatic nitrogens is 2. The van der Waals surface area contributed by atoms with E-state index in [1.54, 1.807) is 18.3 Å². The molecule has 2 aromatic rings. The van der Waals surface area contributed by atoms with E-state index in [9.17, 15) is 9.18 Å². The maximum Gasteiger partial charge on any atom is 0.258 e. The van der Waals surface area contributed by atoms with Crippen LogP contribution in [0.5, 0.6) is 5.88 Å². The predicted molar refractivity (Wildman–Crippen MR) is 78.4 cm³/mol. The van der Waals surface area contributed by atoms with Crippen LogP contribution in [0, 0.1) is 5.82 Å². The monoisotopic (exact) mass is 321 g/mol. The molecule has 2 heterocycles. The summed E-state index contributed by atoms with van der Waals surface area (Å²) in [7, 11) is 0. The summed E-state index contributed by atoms with van der Waals surface area (Å²) in [6, 6.07) is 7.62. The number of amides is 1. The SMILES string of the molecule is O=C(c1c(F)cccc1Cl)N1CCC(Oc2cccnn2)C1. The van der Waals surface area contributed by atoms with E-state index in [0.717, 1.165) is 0 Å². The van der Waals surface area contributed by atoms with Crippen molar-refractivity contribution >= 4 is 17.5 Å². The van der Waals surface area contributed by atoms with Crippen LogP contribution in [0.1, 0.15) is 16.8 Å². The van der Waals surface area contributed by atoms with Gasteiger partial charge in [-0.05, 0) is 18.2 Å². The molecule has 1 saturated heterocycles. The van der Waals surface area contributed by atoms with Gasteiger partial charge in [0.05, 0.1) is 17.1 Å². The molecule has 0 spiro atoms. The first-order valence-corrected chi connectivity index (χ1v) is 7.20. The Kier molecular flexibility index (Phi) is 4.20. The number of carbonyl (C=O) groups excluding carboxylic acids is 1. The minimum Gasteiger partial charge on any atom is -0.471 e. The number of benzene rings is 1. The highest BCUT2D eigenvalue weighted by Crippen LogP contribution is 2.24. The molecule has 5 nitrogen and oxygen atoms in total. The Bertz CT molecular complexity index is 663. The highest BCUT2D eigenvalue weighted by molar-refractivity contribution is 6.33. The molecule has 3 rings (SSSR count). The van der Waals surface area contributed by atoms with Crippen molar-refractivity contribution in [1.82, 2.24) is 15.1 Å². The van der Waals surface area contributed by atoms with Crippen LogP contribution in [0.4, 0.5) is 4.39 Å². The highest BCUT2D eigenvalue weighted by atomic mass is 35.5. The summed E-state index contributed by atoms with van der Waals surface area (Å²) in [5.74, 6) is -0.630. The maximum absolute atomic E-state index is 13.8. The van der Waals surface area contributed by atoms with Crippen LogP contribution < -0.4 is 4.74 Å². The van der Waals surface area contributed by atoms with Gasteiger partial charge in [0.2, 0.25) is 5.88 Å². The van der Waals surface area contributed by atoms with Crippen molar-refractivity contribution in [2.75, 3.05) is 13.1 Å². The van der Waals surface area contributed by atoms with E-state index < -0.39 is 11.7 Å². The molecule has 1 aliphatic heterocycles. The van der Waals surface area contributed by atoms with Crippen molar-refractivity contribution in [2.24, 2.45) is 0 Å². The fourth-order valence-electron chi connectivity index (χ4n) is 2.39. The van der Waals surface area contributed by atoms with Crippen LogP contribution in [-0.2, 0) is 0 Å². The summed E-state index contributed by atoms with van der Waals surface area (Å²) in [4.78, 5) is 13.9. The molecule has 0 aliphatic carbocycles. The molecule has 1 amide bonds. The second-order valence-corrected chi connectivity index (χ2v) is 5.35. The molecular formula is C15H13ClFN3O2. The number of ether oxygens (including phenoxy) is 1. The summed E-state index contributed by atoms with van der Waals surface area (Å²) < 4.78 is 19.5. The Morgan fingerprint density at radius 3 is 2.95 bits per heavy atom. The molecule has 0 radical (unpaired) electrons. The molecule has 0 saturated carbocycles. The number of rotatable bonds is 3. The molecule has 0 bridgehead atoms. The Morgan fingerprint density at radius 2 is 2.23 bits per heavy atom. The normalized spacial score (nSPS) is 17.5. The third-order valence-corrected chi connectivity index (χ3v) is 3.76. The molecule has 114 valence electrons. The van der Waals surface area contributed by atoms with Gasteiger partial charge in [-0.1, -0.05) is 17.7 Å². The molecule has 1 fully saturated rings. The molecule has 1 atom stereocenters. The van der Waals surface area contributed by atoms with Crippen molar-refractivity contribution in [3.63, 3.8) is 0 Å². The Hall–Kier alpha value is -2.21. The van der Waals surface area contributed by atoms with Crippen LogP contribution in [0.3, 0.4) is 0 Å². The first kappa shape index (κ1) is 14.7. The van der Waals surface area contributed by atoms with Gasteiger partial charge in [0, 0.05) is 25.2 Å². The molecule has 1 unspecified atom stereocenters. The Balaban J connectivity index is 1.69. The molecule has 7 heteroatoms. The van der Waals surface area contributed by atoms with E-state index in [1.165, 1.54) is 23.1 Å². The fraction of sp³-hybridized carbons (Fsp3) is 0.267. The first-order valence-electron chi connectivity index (χ1n) is 6.83. The van der Waals surface area contributed by atoms with E-state index in [1.807, 2.05) is 0 Å². The van der Waals surface area contributed by atoms with Gasteiger partial charge in [-0.25, -0.2) is 4.39 Å². The van der Waals surface area contributed by atoms with E-state index in [2.05, 4.69) is 10.2 Å². The molecule has 1 aliphatic rings. The molecule has 1 aromatic heterocycles. The lowest BCUT2D eigenvalue weighted by Gasteiger charge is -2.17. The van der Waals surface area contributed by atoms with Gasteiger partial charge >= 0.3 is 0 Å². The van der Waals surface area contributed by atoms with Gasteiger partial charge < -0.3 is 9.64 Å². The largest absolute Gasteiger partial charge is 0.471 e. The van der Waals surface area contributed by atoms with Crippen molar-refractivity contribution in [3.8, 4) is 5.88 Å². The number of hydrogen-bond acceptors (Lipinski definition) is 4. The summed E-state index contributed by atoms with van der Waals surface area (Å²) >= 11 is 5.93. The second-order valence-electron chi connectivity index (χ2n) is 4.94. The van der Waals surface area contributed by atoms with Gasteiger partial charge in [0.1, 0.15) is 11.9 Å². The minimum absolute atomic E-state index is 0.0932. The first-order chi connectivity index (χ1) is 10.6. The highest BCUT2D eigenvalue weighted by Gasteiger charge is 2.30. The topological polar surface area (TPSA) is 55.3 Å². The van der Waals surface area contributed by atoms with Crippen LogP contribution in [0.2, 0.25) is 5.02 Å². The lowest BCUT2D eigenvalue weighted by atomic mass is 10.2. The second kappa shape index (κ2) is 6.27. The van der Waals surface area contributed by atoms with Crippen LogP contribution >= 0.6 is 11.6 Å². The quantitative estimate of drug-likeness (QED) is 0.872. The summed E-state index contributed by atoms with van der Waals surface area (Å²) in [5.41, 5.74) is -0.0932. The number of nitrogens with zero attached hydrogens (tertiary/aromatic N) is 3. The number of hydrogen-bond donors (Lipinski definition) is 0. The van der Waals surface area contributed by atoms with Crippen LogP contribution in [-0.4, -0.2) is 40.2 Å². The van der Waals surface area contributed by atoms with Gasteiger partial charge in [0.25, 0.3) is 5.91 Å². The third kappa shape index (κ3) is 3.01. The summed E-state index contributed by atoms with van der Waals surface area (Å²) in [6.45, 7) is 0.842. The Labute approximate surface area is 131 Å². The average Bonchev–Trinajstić information content (AvgIpc) is 2.96. The average molecular weight is 322 g/mol. The lowest BCUT2D eigenvalue weighted by molar-refractivity contribution is 0.0766. The van der Waals surface area contributed by atoms with Crippen LogP contribution in [0.15, 0.2) is 36.5 Å². The lowest BCUT2D eigenvalue weighted by Crippen LogP contribution is -2.31. The zero-order valence-corrected chi connectivity index (χ0v) is 12.3. The Morgan fingerprint density at radius 1 is 1.36 bits per heavy atom. The van der Waals surface area contributed by atoms with Gasteiger partial charge in [0.15, 0.2) is 0 Å². The zero-order chi connectivity index (χ0) is 15.5. The number of carbonyl (C=O) groups is 1. The summed E-state index contributed by atoms with van der Waals surface area (Å²) in [5, 5.41) is 7.68. The fourth-order valence-corrected chi connectivity index (χ4v) is 2.63. The minimum atomic E-state index is -0.615. The van der Waals surface area contributed by atoms with Gasteiger partial charge in [-0.15, -0.1) is 5.10 Å². The van der Waals surface area contributed by atoms with Gasteiger partial charge in [-0.2, -0.15) is 5.10 Å². The van der Waals surface area contributed by atoms with Gasteiger partial charge in [-0.3, -0.25) is 4.79 Å². The zero-order valence-electron chi connectivity index (χ0n) is 11.6. The van der Waals surface area contributed by atoms with E-state index in [-0.39, 0.29) is 16.7 Å². The molecule has 22 heavy (non-hydrogen) atoms. The maximum atomic E-state index is 13.8. The standard InChI is InChI=1S/C15H13ClFN3O2/c16-11-3-1-4-12(17)14(11)15(21)20-8-6-10(9-20)22-13-5-2-7-18-19-13/h1-5,7,10H,6,8-9H2. The number of likely N-dealkylation sites (tertiary alicyclic amines) is 1. The van der Waals surface area contributed by atoms with Crippen molar-refractivity contribution < 1.29 is 13.9 Å². The smallest absolute Gasteiger partial charge is 0.258 e. The van der Waals surface area contributed by atoms with E-state index in [0.29, 0.717) is 25.4 Å².